The van der Waals surface area contributed by atoms with Crippen molar-refractivity contribution in [3.05, 3.63) is 42.0 Å². The normalized spacial score (nSPS) is 12.1. The summed E-state index contributed by atoms with van der Waals surface area (Å²) in [7, 11) is 1.75. The summed E-state index contributed by atoms with van der Waals surface area (Å²) in [6.45, 7) is 9.15. The lowest BCUT2D eigenvalue weighted by atomic mass is 9.98. The molecule has 2 nitrogen and oxygen atoms in total. The van der Waals surface area contributed by atoms with Gasteiger partial charge in [0, 0.05) is 6.04 Å². The molecule has 0 saturated carbocycles. The molecule has 0 aliphatic heterocycles. The van der Waals surface area contributed by atoms with Gasteiger partial charge in [0.15, 0.2) is 0 Å². The summed E-state index contributed by atoms with van der Waals surface area (Å²) in [5.41, 5.74) is 2.54. The molecule has 0 amide bonds. The first-order valence-electron chi connectivity index (χ1n) is 8.21. The van der Waals surface area contributed by atoms with Crippen LogP contribution in [0.15, 0.2) is 30.9 Å². The van der Waals surface area contributed by atoms with Crippen LogP contribution in [0, 0.1) is 6.92 Å². The third-order valence-electron chi connectivity index (χ3n) is 3.88. The molecule has 0 heterocycles. The van der Waals surface area contributed by atoms with Crippen LogP contribution in [0.5, 0.6) is 5.75 Å². The first-order chi connectivity index (χ1) is 10.2. The molecule has 0 radical (unpaired) electrons. The first-order valence-corrected chi connectivity index (χ1v) is 8.21. The van der Waals surface area contributed by atoms with Gasteiger partial charge < -0.3 is 10.1 Å². The zero-order chi connectivity index (χ0) is 15.5. The number of unbranched alkanes of at least 4 members (excludes halogenated alkanes) is 3. The predicted molar refractivity (Wildman–Crippen MR) is 92.0 cm³/mol. The van der Waals surface area contributed by atoms with Crippen LogP contribution < -0.4 is 10.1 Å². The number of benzene rings is 1. The largest absolute Gasteiger partial charge is 0.496 e. The summed E-state index contributed by atoms with van der Waals surface area (Å²) in [6, 6.07) is 7.01. The summed E-state index contributed by atoms with van der Waals surface area (Å²) >= 11 is 0. The number of nitrogens with one attached hydrogen (secondary N) is 1. The van der Waals surface area contributed by atoms with Crippen molar-refractivity contribution in [3.63, 3.8) is 0 Å². The van der Waals surface area contributed by atoms with E-state index in [0.29, 0.717) is 6.04 Å². The van der Waals surface area contributed by atoms with E-state index in [1.165, 1.54) is 36.8 Å². The van der Waals surface area contributed by atoms with E-state index in [1.807, 2.05) is 6.08 Å². The molecule has 0 aromatic heterocycles. The van der Waals surface area contributed by atoms with Crippen molar-refractivity contribution in [1.29, 1.82) is 0 Å². The minimum absolute atomic E-state index is 0.434. The van der Waals surface area contributed by atoms with Crippen LogP contribution in [0.1, 0.15) is 62.6 Å². The van der Waals surface area contributed by atoms with Crippen LogP contribution >= 0.6 is 0 Å². The molecule has 118 valence electrons. The van der Waals surface area contributed by atoms with Gasteiger partial charge in [-0.15, -0.1) is 6.58 Å². The van der Waals surface area contributed by atoms with Crippen molar-refractivity contribution >= 4 is 0 Å². The van der Waals surface area contributed by atoms with Gasteiger partial charge in [0.25, 0.3) is 0 Å². The summed E-state index contributed by atoms with van der Waals surface area (Å²) in [5.74, 6) is 0.988. The molecular weight excluding hydrogens is 258 g/mol. The average Bonchev–Trinajstić information content (AvgIpc) is 2.51. The Morgan fingerprint density at radius 3 is 2.76 bits per heavy atom. The zero-order valence-corrected chi connectivity index (χ0v) is 14.0. The van der Waals surface area contributed by atoms with E-state index in [4.69, 9.17) is 4.74 Å². The van der Waals surface area contributed by atoms with Gasteiger partial charge in [0.1, 0.15) is 5.75 Å². The van der Waals surface area contributed by atoms with Crippen molar-refractivity contribution < 1.29 is 4.74 Å². The van der Waals surface area contributed by atoms with Crippen LogP contribution in [0.4, 0.5) is 0 Å². The monoisotopic (exact) mass is 289 g/mol. The molecule has 1 N–H and O–H groups in total. The van der Waals surface area contributed by atoms with Gasteiger partial charge in [-0.1, -0.05) is 38.0 Å². The zero-order valence-electron chi connectivity index (χ0n) is 14.0. The Bertz CT molecular complexity index is 414. The van der Waals surface area contributed by atoms with Crippen molar-refractivity contribution in [2.45, 2.75) is 58.4 Å². The molecule has 1 atom stereocenters. The Morgan fingerprint density at radius 2 is 2.10 bits per heavy atom. The van der Waals surface area contributed by atoms with Gasteiger partial charge >= 0.3 is 0 Å². The number of aryl methyl sites for hydroxylation is 1. The van der Waals surface area contributed by atoms with Gasteiger partial charge in [0.05, 0.1) is 7.11 Å². The maximum atomic E-state index is 5.46. The molecule has 0 spiro atoms. The molecule has 0 aliphatic rings. The van der Waals surface area contributed by atoms with Crippen LogP contribution in [-0.2, 0) is 0 Å². The van der Waals surface area contributed by atoms with E-state index in [0.717, 1.165) is 25.1 Å². The molecule has 1 aromatic rings. The lowest BCUT2D eigenvalue weighted by Crippen LogP contribution is -2.22. The first kappa shape index (κ1) is 17.8. The third-order valence-corrected chi connectivity index (χ3v) is 3.88. The topological polar surface area (TPSA) is 21.3 Å². The van der Waals surface area contributed by atoms with Crippen LogP contribution in [0.2, 0.25) is 0 Å². The highest BCUT2D eigenvalue weighted by Crippen LogP contribution is 2.26. The van der Waals surface area contributed by atoms with Gasteiger partial charge in [-0.3, -0.25) is 0 Å². The highest BCUT2D eigenvalue weighted by Gasteiger charge is 2.12. The van der Waals surface area contributed by atoms with Gasteiger partial charge in [-0.25, -0.2) is 0 Å². The lowest BCUT2D eigenvalue weighted by Gasteiger charge is -2.20. The molecule has 21 heavy (non-hydrogen) atoms. The van der Waals surface area contributed by atoms with Crippen LogP contribution in [0.3, 0.4) is 0 Å². The molecule has 1 aromatic carbocycles. The van der Waals surface area contributed by atoms with E-state index in [1.54, 1.807) is 7.11 Å². The Morgan fingerprint density at radius 1 is 1.29 bits per heavy atom. The Labute approximate surface area is 130 Å². The van der Waals surface area contributed by atoms with E-state index < -0.39 is 0 Å². The van der Waals surface area contributed by atoms with Gasteiger partial charge in [0.2, 0.25) is 0 Å². The number of allylic oxidation sites excluding steroid dienone is 1. The fourth-order valence-electron chi connectivity index (χ4n) is 2.57. The summed E-state index contributed by atoms with van der Waals surface area (Å²) < 4.78 is 5.46. The second kappa shape index (κ2) is 10.4. The van der Waals surface area contributed by atoms with E-state index >= 15 is 0 Å². The third kappa shape index (κ3) is 6.34. The SMILES string of the molecule is C=CCCCCCC(NCCC)c1ccc(C)c(OC)c1. The number of rotatable bonds is 11. The van der Waals surface area contributed by atoms with Crippen molar-refractivity contribution in [2.24, 2.45) is 0 Å². The highest BCUT2D eigenvalue weighted by molar-refractivity contribution is 5.37. The van der Waals surface area contributed by atoms with Gasteiger partial charge in [-0.2, -0.15) is 0 Å². The number of hydrogen-bond donors (Lipinski definition) is 1. The Hall–Kier alpha value is -1.28. The fourth-order valence-corrected chi connectivity index (χ4v) is 2.57. The van der Waals surface area contributed by atoms with Crippen LogP contribution in [0.25, 0.3) is 0 Å². The average molecular weight is 289 g/mol. The minimum atomic E-state index is 0.434. The minimum Gasteiger partial charge on any atom is -0.496 e. The maximum absolute atomic E-state index is 5.46. The molecule has 0 aliphatic carbocycles. The van der Waals surface area contributed by atoms with Gasteiger partial charge in [-0.05, 0) is 56.3 Å². The molecule has 2 heteroatoms. The van der Waals surface area contributed by atoms with E-state index in [-0.39, 0.29) is 0 Å². The molecule has 1 unspecified atom stereocenters. The second-order valence-electron chi connectivity index (χ2n) is 5.66. The molecule has 0 fully saturated rings. The summed E-state index contributed by atoms with van der Waals surface area (Å²) in [4.78, 5) is 0. The van der Waals surface area contributed by atoms with Crippen molar-refractivity contribution in [3.8, 4) is 5.75 Å². The highest BCUT2D eigenvalue weighted by atomic mass is 16.5. The molecular formula is C19H31NO. The quantitative estimate of drug-likeness (QED) is 0.447. The molecule has 0 bridgehead atoms. The van der Waals surface area contributed by atoms with E-state index in [2.05, 4.69) is 43.9 Å². The Balaban J connectivity index is 2.65. The number of methoxy groups -OCH3 is 1. The molecule has 0 saturated heterocycles. The predicted octanol–water partition coefficient (Wildman–Crippen LogP) is 5.18. The molecule has 1 rings (SSSR count). The van der Waals surface area contributed by atoms with Crippen molar-refractivity contribution in [1.82, 2.24) is 5.32 Å². The maximum Gasteiger partial charge on any atom is 0.122 e. The number of hydrogen-bond acceptors (Lipinski definition) is 2. The summed E-state index contributed by atoms with van der Waals surface area (Å²) in [5, 5.41) is 3.67. The smallest absolute Gasteiger partial charge is 0.122 e. The van der Waals surface area contributed by atoms with Crippen LogP contribution in [-0.4, -0.2) is 13.7 Å². The standard InChI is InChI=1S/C19H31NO/c1-5-7-8-9-10-11-18(20-14-6-2)17-13-12-16(3)19(15-17)21-4/h5,12-13,15,18,20H,1,6-11,14H2,2-4H3. The lowest BCUT2D eigenvalue weighted by molar-refractivity contribution is 0.408. The second-order valence-corrected chi connectivity index (χ2v) is 5.66. The van der Waals surface area contributed by atoms with E-state index in [9.17, 15) is 0 Å². The Kier molecular flexibility index (Phi) is 8.84. The number of ether oxygens (including phenoxy) is 1. The summed E-state index contributed by atoms with van der Waals surface area (Å²) in [6.07, 6.45) is 9.27. The van der Waals surface area contributed by atoms with Crippen molar-refractivity contribution in [2.75, 3.05) is 13.7 Å². The fraction of sp³-hybridized carbons (Fsp3) is 0.579.